The standard InChI is InChI=1S/C23H30N6O2/c1-17-15-21-22(16-18(17)2)29(26-24-21)9-4-14-31-20-7-5-19(6-8-20)23(30)25-28-12-10-27(3)11-13-28/h5-8,15-16H,4,9-14H2,1-3H3,(H,25,30). The molecule has 1 fully saturated rings. The molecule has 31 heavy (non-hydrogen) atoms. The molecule has 0 saturated carbocycles. The summed E-state index contributed by atoms with van der Waals surface area (Å²) in [6, 6.07) is 11.5. The predicted octanol–water partition coefficient (Wildman–Crippen LogP) is 2.41. The number of hydrogen-bond donors (Lipinski definition) is 1. The number of fused-ring (bicyclic) bond motifs is 1. The molecule has 164 valence electrons. The molecule has 0 bridgehead atoms. The maximum absolute atomic E-state index is 12.4. The van der Waals surface area contributed by atoms with Crippen LogP contribution < -0.4 is 10.2 Å². The van der Waals surface area contributed by atoms with Crippen molar-refractivity contribution < 1.29 is 9.53 Å². The van der Waals surface area contributed by atoms with E-state index >= 15 is 0 Å². The van der Waals surface area contributed by atoms with Gasteiger partial charge in [0.15, 0.2) is 0 Å². The van der Waals surface area contributed by atoms with Gasteiger partial charge in [0.25, 0.3) is 5.91 Å². The fraction of sp³-hybridized carbons (Fsp3) is 0.435. The molecule has 0 aliphatic carbocycles. The van der Waals surface area contributed by atoms with Crippen LogP contribution in [0.1, 0.15) is 27.9 Å². The van der Waals surface area contributed by atoms with Crippen LogP contribution in [0.15, 0.2) is 36.4 Å². The number of ether oxygens (including phenoxy) is 1. The number of carbonyl (C=O) groups is 1. The minimum Gasteiger partial charge on any atom is -0.494 e. The highest BCUT2D eigenvalue weighted by Crippen LogP contribution is 2.18. The number of nitrogens with zero attached hydrogens (tertiary/aromatic N) is 5. The molecule has 1 saturated heterocycles. The Morgan fingerprint density at radius 3 is 2.52 bits per heavy atom. The van der Waals surface area contributed by atoms with Crippen molar-refractivity contribution >= 4 is 16.9 Å². The van der Waals surface area contributed by atoms with Gasteiger partial charge in [0.2, 0.25) is 0 Å². The first kappa shape index (κ1) is 21.3. The third kappa shape index (κ3) is 5.21. The van der Waals surface area contributed by atoms with E-state index in [0.29, 0.717) is 12.2 Å². The van der Waals surface area contributed by atoms with Gasteiger partial charge in [0, 0.05) is 44.7 Å². The van der Waals surface area contributed by atoms with Crippen LogP contribution in [0.4, 0.5) is 0 Å². The van der Waals surface area contributed by atoms with Crippen molar-refractivity contribution in [3.8, 4) is 5.75 Å². The third-order valence-electron chi connectivity index (χ3n) is 5.79. The second-order valence-corrected chi connectivity index (χ2v) is 8.20. The lowest BCUT2D eigenvalue weighted by molar-refractivity contribution is 0.0662. The molecule has 8 heteroatoms. The van der Waals surface area contributed by atoms with Gasteiger partial charge in [-0.2, -0.15) is 0 Å². The number of piperazine rings is 1. The fourth-order valence-corrected chi connectivity index (χ4v) is 3.62. The molecule has 0 radical (unpaired) electrons. The number of aryl methyl sites for hydroxylation is 3. The average Bonchev–Trinajstić information content (AvgIpc) is 3.15. The molecule has 0 atom stereocenters. The third-order valence-corrected chi connectivity index (χ3v) is 5.79. The molecule has 1 N–H and O–H groups in total. The molecular formula is C23H30N6O2. The molecule has 1 aliphatic rings. The van der Waals surface area contributed by atoms with Crippen LogP contribution in [0.25, 0.3) is 11.0 Å². The van der Waals surface area contributed by atoms with E-state index in [0.717, 1.165) is 55.9 Å². The van der Waals surface area contributed by atoms with Crippen molar-refractivity contribution in [2.24, 2.45) is 0 Å². The number of rotatable bonds is 7. The van der Waals surface area contributed by atoms with Crippen LogP contribution in [-0.4, -0.2) is 70.6 Å². The van der Waals surface area contributed by atoms with Gasteiger partial charge in [-0.1, -0.05) is 5.21 Å². The van der Waals surface area contributed by atoms with Crippen molar-refractivity contribution in [3.63, 3.8) is 0 Å². The van der Waals surface area contributed by atoms with Gasteiger partial charge in [0.05, 0.1) is 12.1 Å². The van der Waals surface area contributed by atoms with Gasteiger partial charge < -0.3 is 9.64 Å². The quantitative estimate of drug-likeness (QED) is 0.590. The zero-order chi connectivity index (χ0) is 21.8. The number of nitrogens with one attached hydrogen (secondary N) is 1. The largest absolute Gasteiger partial charge is 0.494 e. The van der Waals surface area contributed by atoms with E-state index in [9.17, 15) is 4.79 Å². The highest BCUT2D eigenvalue weighted by molar-refractivity contribution is 5.93. The number of aromatic nitrogens is 3. The summed E-state index contributed by atoms with van der Waals surface area (Å²) in [5.41, 5.74) is 8.05. The van der Waals surface area contributed by atoms with E-state index in [2.05, 4.69) is 53.7 Å². The van der Waals surface area contributed by atoms with Crippen LogP contribution in [0.3, 0.4) is 0 Å². The van der Waals surface area contributed by atoms with Crippen molar-refractivity contribution in [1.29, 1.82) is 0 Å². The van der Waals surface area contributed by atoms with Gasteiger partial charge in [0.1, 0.15) is 11.3 Å². The summed E-state index contributed by atoms with van der Waals surface area (Å²) >= 11 is 0. The Morgan fingerprint density at radius 2 is 1.77 bits per heavy atom. The molecule has 3 aromatic rings. The SMILES string of the molecule is Cc1cc2nnn(CCCOc3ccc(C(=O)NN4CCN(C)CC4)cc3)c2cc1C. The maximum Gasteiger partial charge on any atom is 0.265 e. The number of amides is 1. The minimum atomic E-state index is -0.0836. The lowest BCUT2D eigenvalue weighted by atomic mass is 10.1. The molecule has 1 aromatic heterocycles. The maximum atomic E-state index is 12.4. The average molecular weight is 423 g/mol. The fourth-order valence-electron chi connectivity index (χ4n) is 3.62. The Morgan fingerprint density at radius 1 is 1.06 bits per heavy atom. The van der Waals surface area contributed by atoms with Gasteiger partial charge in [-0.3, -0.25) is 10.2 Å². The Kier molecular flexibility index (Phi) is 6.48. The Balaban J connectivity index is 1.24. The van der Waals surface area contributed by atoms with Crippen LogP contribution in [0, 0.1) is 13.8 Å². The molecule has 2 heterocycles. The van der Waals surface area contributed by atoms with Crippen LogP contribution in [-0.2, 0) is 6.54 Å². The zero-order valence-corrected chi connectivity index (χ0v) is 18.5. The molecule has 0 unspecified atom stereocenters. The summed E-state index contributed by atoms with van der Waals surface area (Å²) in [5, 5.41) is 10.5. The van der Waals surface area contributed by atoms with E-state index in [-0.39, 0.29) is 5.91 Å². The van der Waals surface area contributed by atoms with Crippen molar-refractivity contribution in [1.82, 2.24) is 30.3 Å². The lowest BCUT2D eigenvalue weighted by Crippen LogP contribution is -2.52. The van der Waals surface area contributed by atoms with Crippen LogP contribution in [0.2, 0.25) is 0 Å². The second-order valence-electron chi connectivity index (χ2n) is 8.20. The molecule has 1 aliphatic heterocycles. The molecule has 4 rings (SSSR count). The molecule has 2 aromatic carbocycles. The summed E-state index contributed by atoms with van der Waals surface area (Å²) in [5.74, 6) is 0.672. The van der Waals surface area contributed by atoms with Crippen molar-refractivity contribution in [3.05, 3.63) is 53.1 Å². The van der Waals surface area contributed by atoms with Crippen LogP contribution >= 0.6 is 0 Å². The van der Waals surface area contributed by atoms with E-state index in [4.69, 9.17) is 4.74 Å². The summed E-state index contributed by atoms with van der Waals surface area (Å²) < 4.78 is 7.77. The molecule has 0 spiro atoms. The predicted molar refractivity (Wildman–Crippen MR) is 120 cm³/mol. The van der Waals surface area contributed by atoms with Gasteiger partial charge in [-0.25, -0.2) is 9.69 Å². The topological polar surface area (TPSA) is 75.5 Å². The lowest BCUT2D eigenvalue weighted by Gasteiger charge is -2.32. The van der Waals surface area contributed by atoms with Gasteiger partial charge >= 0.3 is 0 Å². The highest BCUT2D eigenvalue weighted by atomic mass is 16.5. The normalized spacial score (nSPS) is 15.3. The number of carbonyl (C=O) groups excluding carboxylic acids is 1. The molecule has 8 nitrogen and oxygen atoms in total. The van der Waals surface area contributed by atoms with Crippen molar-refractivity contribution in [2.45, 2.75) is 26.8 Å². The summed E-state index contributed by atoms with van der Waals surface area (Å²) in [6.07, 6.45) is 0.816. The first-order valence-corrected chi connectivity index (χ1v) is 10.8. The second kappa shape index (κ2) is 9.45. The highest BCUT2D eigenvalue weighted by Gasteiger charge is 2.16. The summed E-state index contributed by atoms with van der Waals surface area (Å²) in [4.78, 5) is 14.7. The monoisotopic (exact) mass is 422 g/mol. The van der Waals surface area contributed by atoms with Crippen LogP contribution in [0.5, 0.6) is 5.75 Å². The number of hydrogen-bond acceptors (Lipinski definition) is 6. The smallest absolute Gasteiger partial charge is 0.265 e. The van der Waals surface area contributed by atoms with E-state index < -0.39 is 0 Å². The molecule has 1 amide bonds. The van der Waals surface area contributed by atoms with E-state index in [1.54, 1.807) is 12.1 Å². The Bertz CT molecular complexity index is 1040. The minimum absolute atomic E-state index is 0.0836. The number of benzene rings is 2. The van der Waals surface area contributed by atoms with Gasteiger partial charge in [-0.05, 0) is 68.4 Å². The summed E-state index contributed by atoms with van der Waals surface area (Å²) in [7, 11) is 2.09. The van der Waals surface area contributed by atoms with E-state index in [1.165, 1.54) is 11.1 Å². The first-order chi connectivity index (χ1) is 15.0. The van der Waals surface area contributed by atoms with Gasteiger partial charge in [-0.15, -0.1) is 5.10 Å². The summed E-state index contributed by atoms with van der Waals surface area (Å²) in [6.45, 7) is 9.08. The molecular weight excluding hydrogens is 392 g/mol. The number of hydrazine groups is 1. The number of likely N-dealkylation sites (N-methyl/N-ethyl adjacent to an activating group) is 1. The first-order valence-electron chi connectivity index (χ1n) is 10.8. The van der Waals surface area contributed by atoms with E-state index in [1.807, 2.05) is 21.8 Å². The zero-order valence-electron chi connectivity index (χ0n) is 18.5. The van der Waals surface area contributed by atoms with Crippen molar-refractivity contribution in [2.75, 3.05) is 39.8 Å². The Labute approximate surface area is 182 Å². The Hall–Kier alpha value is -2.97.